The smallest absolute Gasteiger partial charge is 0.431 e. The van der Waals surface area contributed by atoms with Gasteiger partial charge >= 0.3 is 6.09 Å². The molecule has 1 unspecified atom stereocenters. The van der Waals surface area contributed by atoms with Gasteiger partial charge in [0, 0.05) is 16.1 Å². The van der Waals surface area contributed by atoms with Gasteiger partial charge in [-0.1, -0.05) is 47.0 Å². The van der Waals surface area contributed by atoms with Crippen molar-refractivity contribution < 1.29 is 9.90 Å². The Bertz CT molecular complexity index is 485. The molecule has 0 aromatic heterocycles. The van der Waals surface area contributed by atoms with Crippen molar-refractivity contribution in [2.45, 2.75) is 38.5 Å². The van der Waals surface area contributed by atoms with Gasteiger partial charge in [-0.05, 0) is 37.3 Å². The van der Waals surface area contributed by atoms with Gasteiger partial charge in [0.1, 0.15) is 0 Å². The molecule has 1 atom stereocenters. The number of carboxylic acid groups (broad SMARTS) is 1. The molecule has 1 aromatic carbocycles. The maximum atomic E-state index is 10.8. The predicted molar refractivity (Wildman–Crippen MR) is 79.9 cm³/mol. The second kappa shape index (κ2) is 6.85. The molecule has 0 saturated heterocycles. The van der Waals surface area contributed by atoms with E-state index in [9.17, 15) is 4.79 Å². The highest BCUT2D eigenvalue weighted by molar-refractivity contribution is 9.10. The van der Waals surface area contributed by atoms with Crippen LogP contribution in [0.2, 0.25) is 0 Å². The minimum atomic E-state index is -1.06. The van der Waals surface area contributed by atoms with Gasteiger partial charge in [-0.3, -0.25) is 0 Å². The molecule has 0 aliphatic heterocycles. The zero-order valence-corrected chi connectivity index (χ0v) is 12.4. The first-order chi connectivity index (χ1) is 9.16. The molecule has 0 bridgehead atoms. The zero-order chi connectivity index (χ0) is 13.7. The summed E-state index contributed by atoms with van der Waals surface area (Å²) in [5.74, 6) is 0.261. The number of rotatable bonds is 2. The van der Waals surface area contributed by atoms with Gasteiger partial charge in [0.25, 0.3) is 0 Å². The van der Waals surface area contributed by atoms with Crippen LogP contribution in [0.25, 0.3) is 0 Å². The number of amides is 1. The van der Waals surface area contributed by atoms with Crippen molar-refractivity contribution in [1.29, 1.82) is 0 Å². The minimum Gasteiger partial charge on any atom is -0.463 e. The molecule has 2 rings (SSSR count). The molecule has 1 amide bonds. The fraction of sp³-hybridized carbons (Fsp3) is 0.467. The van der Waals surface area contributed by atoms with Gasteiger partial charge < -0.3 is 5.11 Å². The lowest BCUT2D eigenvalue weighted by Gasteiger charge is -2.17. The number of hydrogen-bond donors (Lipinski definition) is 1. The van der Waals surface area contributed by atoms with E-state index in [1.165, 1.54) is 12.0 Å². The molecular formula is C15H18BrNO2. The van der Waals surface area contributed by atoms with Crippen molar-refractivity contribution >= 4 is 27.7 Å². The highest BCUT2D eigenvalue weighted by atomic mass is 79.9. The minimum absolute atomic E-state index is 0.261. The molecule has 1 aliphatic carbocycles. The van der Waals surface area contributed by atoms with Crippen LogP contribution < -0.4 is 0 Å². The van der Waals surface area contributed by atoms with Gasteiger partial charge in [-0.2, -0.15) is 4.99 Å². The Hall–Kier alpha value is -1.16. The Kier molecular flexibility index (Phi) is 5.14. The van der Waals surface area contributed by atoms with Crippen LogP contribution in [0.5, 0.6) is 0 Å². The fourth-order valence-electron chi connectivity index (χ4n) is 2.66. The van der Waals surface area contributed by atoms with E-state index in [4.69, 9.17) is 5.11 Å². The Labute approximate surface area is 121 Å². The zero-order valence-electron chi connectivity index (χ0n) is 10.8. The molecule has 3 nitrogen and oxygen atoms in total. The largest absolute Gasteiger partial charge is 0.463 e. The molecule has 0 heterocycles. The van der Waals surface area contributed by atoms with Crippen LogP contribution in [0.4, 0.5) is 4.79 Å². The van der Waals surface area contributed by atoms with E-state index in [2.05, 4.69) is 27.0 Å². The maximum absolute atomic E-state index is 10.8. The summed E-state index contributed by atoms with van der Waals surface area (Å²) >= 11 is 3.56. The van der Waals surface area contributed by atoms with E-state index in [-0.39, 0.29) is 5.92 Å². The lowest BCUT2D eigenvalue weighted by atomic mass is 9.91. The molecular weight excluding hydrogens is 306 g/mol. The highest BCUT2D eigenvalue weighted by Gasteiger charge is 2.21. The van der Waals surface area contributed by atoms with E-state index in [0.717, 1.165) is 42.3 Å². The molecule has 102 valence electrons. The standard InChI is InChI=1S/C15H18BrNO2/c16-13-8-5-4-6-11(13)10-12-7-2-1-3-9-14(12)17-15(18)19/h4-6,8,12H,1-3,7,9-10H2,(H,18,19). The van der Waals surface area contributed by atoms with Gasteiger partial charge in [0.2, 0.25) is 0 Å². The Morgan fingerprint density at radius 2 is 2.11 bits per heavy atom. The summed E-state index contributed by atoms with van der Waals surface area (Å²) in [6, 6.07) is 8.13. The predicted octanol–water partition coefficient (Wildman–Crippen LogP) is 4.69. The molecule has 1 saturated carbocycles. The molecule has 1 aliphatic rings. The summed E-state index contributed by atoms with van der Waals surface area (Å²) in [5, 5.41) is 8.90. The number of nitrogens with zero attached hydrogens (tertiary/aromatic N) is 1. The third-order valence-corrected chi connectivity index (χ3v) is 4.39. The molecule has 19 heavy (non-hydrogen) atoms. The Morgan fingerprint density at radius 1 is 1.32 bits per heavy atom. The van der Waals surface area contributed by atoms with Crippen molar-refractivity contribution in [2.75, 3.05) is 0 Å². The summed E-state index contributed by atoms with van der Waals surface area (Å²) in [7, 11) is 0. The van der Waals surface area contributed by atoms with Crippen molar-refractivity contribution in [3.05, 3.63) is 34.3 Å². The fourth-order valence-corrected chi connectivity index (χ4v) is 3.11. The number of carbonyl (C=O) groups is 1. The van der Waals surface area contributed by atoms with Gasteiger partial charge in [0.15, 0.2) is 0 Å². The van der Waals surface area contributed by atoms with E-state index < -0.39 is 6.09 Å². The van der Waals surface area contributed by atoms with Crippen molar-refractivity contribution in [1.82, 2.24) is 0 Å². The van der Waals surface area contributed by atoms with E-state index >= 15 is 0 Å². The summed E-state index contributed by atoms with van der Waals surface area (Å²) in [5.41, 5.74) is 2.09. The first-order valence-corrected chi connectivity index (χ1v) is 7.50. The van der Waals surface area contributed by atoms with Crippen molar-refractivity contribution in [3.8, 4) is 0 Å². The maximum Gasteiger partial charge on any atom is 0.431 e. The van der Waals surface area contributed by atoms with Crippen LogP contribution >= 0.6 is 15.9 Å². The van der Waals surface area contributed by atoms with Crippen LogP contribution in [0.3, 0.4) is 0 Å². The summed E-state index contributed by atoms with van der Waals surface area (Å²) in [6.07, 6.45) is 5.05. The van der Waals surface area contributed by atoms with Crippen molar-refractivity contribution in [3.63, 3.8) is 0 Å². The summed E-state index contributed by atoms with van der Waals surface area (Å²) < 4.78 is 1.09. The van der Waals surface area contributed by atoms with Gasteiger partial charge in [-0.25, -0.2) is 4.79 Å². The third kappa shape index (κ3) is 4.16. The molecule has 4 heteroatoms. The van der Waals surface area contributed by atoms with Crippen LogP contribution in [0, 0.1) is 5.92 Å². The average Bonchev–Trinajstić information content (AvgIpc) is 2.58. The monoisotopic (exact) mass is 323 g/mol. The SMILES string of the molecule is O=C(O)N=C1CCCCCC1Cc1ccccc1Br. The van der Waals surface area contributed by atoms with Crippen LogP contribution in [-0.4, -0.2) is 16.9 Å². The highest BCUT2D eigenvalue weighted by Crippen LogP contribution is 2.27. The van der Waals surface area contributed by atoms with E-state index in [1.807, 2.05) is 18.2 Å². The molecule has 1 N–H and O–H groups in total. The number of hydrogen-bond acceptors (Lipinski definition) is 1. The molecule has 1 aromatic rings. The van der Waals surface area contributed by atoms with Gasteiger partial charge in [-0.15, -0.1) is 0 Å². The molecule has 1 fully saturated rings. The first kappa shape index (κ1) is 14.3. The normalized spacial score (nSPS) is 22.2. The average molecular weight is 324 g/mol. The lowest BCUT2D eigenvalue weighted by Crippen LogP contribution is -2.17. The Morgan fingerprint density at radius 3 is 2.84 bits per heavy atom. The number of halogens is 1. The van der Waals surface area contributed by atoms with Crippen LogP contribution in [0.1, 0.15) is 37.7 Å². The van der Waals surface area contributed by atoms with E-state index in [1.54, 1.807) is 0 Å². The molecule has 0 radical (unpaired) electrons. The first-order valence-electron chi connectivity index (χ1n) is 6.70. The quantitative estimate of drug-likeness (QED) is 0.802. The topological polar surface area (TPSA) is 49.7 Å². The second-order valence-corrected chi connectivity index (χ2v) is 5.83. The van der Waals surface area contributed by atoms with Crippen molar-refractivity contribution in [2.24, 2.45) is 10.9 Å². The van der Waals surface area contributed by atoms with Crippen LogP contribution in [0.15, 0.2) is 33.7 Å². The summed E-state index contributed by atoms with van der Waals surface area (Å²) in [6.45, 7) is 0. The second-order valence-electron chi connectivity index (χ2n) is 4.98. The molecule has 0 spiro atoms. The summed E-state index contributed by atoms with van der Waals surface area (Å²) in [4.78, 5) is 14.7. The number of aliphatic imine (C=N–C) groups is 1. The Balaban J connectivity index is 2.19. The number of benzene rings is 1. The third-order valence-electron chi connectivity index (χ3n) is 3.62. The van der Waals surface area contributed by atoms with E-state index in [0.29, 0.717) is 0 Å². The lowest BCUT2D eigenvalue weighted by molar-refractivity contribution is 0.205. The van der Waals surface area contributed by atoms with Crippen LogP contribution in [-0.2, 0) is 6.42 Å². The van der Waals surface area contributed by atoms with Gasteiger partial charge in [0.05, 0.1) is 0 Å².